The quantitative estimate of drug-likeness (QED) is 0.698. The van der Waals surface area contributed by atoms with E-state index in [0.29, 0.717) is 37.1 Å². The van der Waals surface area contributed by atoms with Gasteiger partial charge in [-0.2, -0.15) is 5.10 Å². The molecule has 1 N–H and O–H groups in total. The second kappa shape index (κ2) is 7.25. The van der Waals surface area contributed by atoms with Crippen LogP contribution in [-0.4, -0.2) is 30.0 Å². The number of fused-ring (bicyclic) bond motifs is 1. The standard InChI is InChI=1S/C19H22N2O3/c1-4-22-16-12-11-14(18(23-5-2)19(16)24-6-3)17-13-9-7-8-10-15(13)20-21-17/h7-12H,4-6H2,1-3H3,(H,20,21). The molecule has 0 saturated heterocycles. The van der Waals surface area contributed by atoms with Crippen LogP contribution in [0.25, 0.3) is 22.2 Å². The summed E-state index contributed by atoms with van der Waals surface area (Å²) in [5.74, 6) is 1.99. The molecular formula is C19H22N2O3. The molecular weight excluding hydrogens is 304 g/mol. The summed E-state index contributed by atoms with van der Waals surface area (Å²) in [5, 5.41) is 8.60. The molecule has 0 spiro atoms. The molecule has 1 heterocycles. The number of nitrogens with one attached hydrogen (secondary N) is 1. The summed E-state index contributed by atoms with van der Waals surface area (Å²) in [6.45, 7) is 7.48. The summed E-state index contributed by atoms with van der Waals surface area (Å²) in [7, 11) is 0. The van der Waals surface area contributed by atoms with Crippen molar-refractivity contribution in [3.05, 3.63) is 36.4 Å². The average Bonchev–Trinajstić information content (AvgIpc) is 3.02. The zero-order chi connectivity index (χ0) is 16.9. The summed E-state index contributed by atoms with van der Waals surface area (Å²) in [6, 6.07) is 11.9. The first-order chi connectivity index (χ1) is 11.8. The van der Waals surface area contributed by atoms with Crippen LogP contribution >= 0.6 is 0 Å². The first-order valence-electron chi connectivity index (χ1n) is 8.28. The van der Waals surface area contributed by atoms with E-state index in [1.807, 2.05) is 57.2 Å². The van der Waals surface area contributed by atoms with Crippen molar-refractivity contribution in [2.24, 2.45) is 0 Å². The van der Waals surface area contributed by atoms with Gasteiger partial charge in [-0.15, -0.1) is 0 Å². The molecule has 3 rings (SSSR count). The highest BCUT2D eigenvalue weighted by Gasteiger charge is 2.21. The lowest BCUT2D eigenvalue weighted by Crippen LogP contribution is -2.03. The van der Waals surface area contributed by atoms with E-state index in [0.717, 1.165) is 22.2 Å². The number of rotatable bonds is 7. The van der Waals surface area contributed by atoms with Gasteiger partial charge in [-0.1, -0.05) is 18.2 Å². The van der Waals surface area contributed by atoms with E-state index >= 15 is 0 Å². The van der Waals surface area contributed by atoms with Gasteiger partial charge in [-0.25, -0.2) is 0 Å². The smallest absolute Gasteiger partial charge is 0.204 e. The molecule has 126 valence electrons. The number of nitrogens with zero attached hydrogens (tertiary/aromatic N) is 1. The predicted molar refractivity (Wildman–Crippen MR) is 95.0 cm³/mol. The number of hydrogen-bond acceptors (Lipinski definition) is 4. The van der Waals surface area contributed by atoms with Gasteiger partial charge >= 0.3 is 0 Å². The first-order valence-corrected chi connectivity index (χ1v) is 8.28. The van der Waals surface area contributed by atoms with Gasteiger partial charge in [0.25, 0.3) is 0 Å². The van der Waals surface area contributed by atoms with Gasteiger partial charge < -0.3 is 14.2 Å². The van der Waals surface area contributed by atoms with Crippen LogP contribution in [0.15, 0.2) is 36.4 Å². The summed E-state index contributed by atoms with van der Waals surface area (Å²) in [4.78, 5) is 0. The molecule has 0 aliphatic carbocycles. The highest BCUT2D eigenvalue weighted by Crippen LogP contribution is 2.45. The van der Waals surface area contributed by atoms with E-state index in [1.54, 1.807) is 0 Å². The van der Waals surface area contributed by atoms with Crippen molar-refractivity contribution in [2.75, 3.05) is 19.8 Å². The number of benzene rings is 2. The Labute approximate surface area is 141 Å². The van der Waals surface area contributed by atoms with E-state index < -0.39 is 0 Å². The SMILES string of the molecule is CCOc1ccc(-c2n[nH]c3ccccc23)c(OCC)c1OCC. The van der Waals surface area contributed by atoms with Crippen LogP contribution in [0, 0.1) is 0 Å². The first kappa shape index (κ1) is 16.2. The monoisotopic (exact) mass is 326 g/mol. The third kappa shape index (κ3) is 2.89. The van der Waals surface area contributed by atoms with Crippen molar-refractivity contribution < 1.29 is 14.2 Å². The van der Waals surface area contributed by atoms with Gasteiger partial charge in [0.05, 0.1) is 25.3 Å². The van der Waals surface area contributed by atoms with Gasteiger partial charge in [-0.05, 0) is 39.0 Å². The number of aromatic amines is 1. The third-order valence-corrected chi connectivity index (χ3v) is 3.68. The summed E-state index contributed by atoms with van der Waals surface area (Å²) < 4.78 is 17.5. The van der Waals surface area contributed by atoms with Crippen molar-refractivity contribution >= 4 is 10.9 Å². The Hall–Kier alpha value is -2.69. The second-order valence-electron chi connectivity index (χ2n) is 5.19. The molecule has 24 heavy (non-hydrogen) atoms. The van der Waals surface area contributed by atoms with Crippen LogP contribution in [0.2, 0.25) is 0 Å². The molecule has 5 nitrogen and oxygen atoms in total. The predicted octanol–water partition coefficient (Wildman–Crippen LogP) is 4.43. The fourth-order valence-electron chi connectivity index (χ4n) is 2.74. The molecule has 0 amide bonds. The minimum absolute atomic E-state index is 0.533. The van der Waals surface area contributed by atoms with Crippen LogP contribution in [0.4, 0.5) is 0 Å². The van der Waals surface area contributed by atoms with Crippen LogP contribution < -0.4 is 14.2 Å². The number of para-hydroxylation sites is 1. The van der Waals surface area contributed by atoms with Crippen molar-refractivity contribution in [3.63, 3.8) is 0 Å². The number of aromatic nitrogens is 2. The zero-order valence-electron chi connectivity index (χ0n) is 14.3. The van der Waals surface area contributed by atoms with Crippen molar-refractivity contribution in [1.29, 1.82) is 0 Å². The molecule has 0 saturated carbocycles. The van der Waals surface area contributed by atoms with Crippen molar-refractivity contribution in [3.8, 4) is 28.5 Å². The minimum Gasteiger partial charge on any atom is -0.490 e. The molecule has 0 atom stereocenters. The van der Waals surface area contributed by atoms with Crippen LogP contribution in [-0.2, 0) is 0 Å². The molecule has 0 fully saturated rings. The zero-order valence-corrected chi connectivity index (χ0v) is 14.3. The Morgan fingerprint density at radius 2 is 1.54 bits per heavy atom. The fraction of sp³-hybridized carbons (Fsp3) is 0.316. The normalized spacial score (nSPS) is 10.8. The lowest BCUT2D eigenvalue weighted by molar-refractivity contribution is 0.261. The summed E-state index contributed by atoms with van der Waals surface area (Å²) in [5.41, 5.74) is 2.72. The molecule has 2 aromatic carbocycles. The van der Waals surface area contributed by atoms with Crippen LogP contribution in [0.1, 0.15) is 20.8 Å². The highest BCUT2D eigenvalue weighted by atomic mass is 16.5. The van der Waals surface area contributed by atoms with E-state index in [-0.39, 0.29) is 0 Å². The van der Waals surface area contributed by atoms with Gasteiger partial charge in [-0.3, -0.25) is 5.10 Å². The Morgan fingerprint density at radius 1 is 0.833 bits per heavy atom. The van der Waals surface area contributed by atoms with Gasteiger partial charge in [0.15, 0.2) is 11.5 Å². The lowest BCUT2D eigenvalue weighted by atomic mass is 10.1. The van der Waals surface area contributed by atoms with Crippen molar-refractivity contribution in [2.45, 2.75) is 20.8 Å². The van der Waals surface area contributed by atoms with E-state index in [2.05, 4.69) is 10.2 Å². The Bertz CT molecular complexity index is 827. The maximum atomic E-state index is 5.92. The van der Waals surface area contributed by atoms with Gasteiger partial charge in [0.2, 0.25) is 5.75 Å². The second-order valence-corrected chi connectivity index (χ2v) is 5.19. The number of H-pyrrole nitrogens is 1. The average molecular weight is 326 g/mol. The maximum absolute atomic E-state index is 5.92. The lowest BCUT2D eigenvalue weighted by Gasteiger charge is -2.18. The fourth-order valence-corrected chi connectivity index (χ4v) is 2.74. The molecule has 0 bridgehead atoms. The van der Waals surface area contributed by atoms with Crippen molar-refractivity contribution in [1.82, 2.24) is 10.2 Å². The Balaban J connectivity index is 2.21. The minimum atomic E-state index is 0.533. The molecule has 0 radical (unpaired) electrons. The largest absolute Gasteiger partial charge is 0.490 e. The molecule has 3 aromatic rings. The Morgan fingerprint density at radius 3 is 2.29 bits per heavy atom. The third-order valence-electron chi connectivity index (χ3n) is 3.68. The molecule has 5 heteroatoms. The molecule has 0 aliphatic heterocycles. The van der Waals surface area contributed by atoms with Gasteiger partial charge in [0, 0.05) is 10.9 Å². The van der Waals surface area contributed by atoms with Gasteiger partial charge in [0.1, 0.15) is 5.69 Å². The van der Waals surface area contributed by atoms with E-state index in [4.69, 9.17) is 14.2 Å². The highest BCUT2D eigenvalue weighted by molar-refractivity contribution is 5.95. The number of hydrogen-bond donors (Lipinski definition) is 1. The molecule has 1 aromatic heterocycles. The Kier molecular flexibility index (Phi) is 4.89. The summed E-state index contributed by atoms with van der Waals surface area (Å²) in [6.07, 6.45) is 0. The topological polar surface area (TPSA) is 56.4 Å². The summed E-state index contributed by atoms with van der Waals surface area (Å²) >= 11 is 0. The van der Waals surface area contributed by atoms with E-state index in [1.165, 1.54) is 0 Å². The van der Waals surface area contributed by atoms with E-state index in [9.17, 15) is 0 Å². The number of ether oxygens (including phenoxy) is 3. The molecule has 0 unspecified atom stereocenters. The maximum Gasteiger partial charge on any atom is 0.204 e. The van der Waals surface area contributed by atoms with Crippen LogP contribution in [0.5, 0.6) is 17.2 Å². The molecule has 0 aliphatic rings. The van der Waals surface area contributed by atoms with Crippen LogP contribution in [0.3, 0.4) is 0 Å².